The molecule has 2 fully saturated rings. The Morgan fingerprint density at radius 3 is 2.30 bits per heavy atom. The van der Waals surface area contributed by atoms with Gasteiger partial charge in [-0.15, -0.1) is 0 Å². The molecule has 3 rings (SSSR count). The summed E-state index contributed by atoms with van der Waals surface area (Å²) in [5.41, 5.74) is 10.5. The minimum Gasteiger partial charge on any atom is -0.478 e. The van der Waals surface area contributed by atoms with Gasteiger partial charge in [0.25, 0.3) is 0 Å². The first-order chi connectivity index (χ1) is 12.7. The molecule has 2 heterocycles. The zero-order valence-corrected chi connectivity index (χ0v) is 17.0. The minimum atomic E-state index is -0.890. The van der Waals surface area contributed by atoms with Gasteiger partial charge in [-0.05, 0) is 48.4 Å². The quantitative estimate of drug-likeness (QED) is 0.791. The summed E-state index contributed by atoms with van der Waals surface area (Å²) in [6.45, 7) is 11.5. The Hall–Kier alpha value is -1.79. The molecule has 27 heavy (non-hydrogen) atoms. The van der Waals surface area contributed by atoms with Gasteiger partial charge >= 0.3 is 5.97 Å². The number of nitrogens with two attached hydrogens (primary N) is 1. The molecule has 0 aliphatic carbocycles. The van der Waals surface area contributed by atoms with Crippen LogP contribution in [0.1, 0.15) is 61.0 Å². The van der Waals surface area contributed by atoms with E-state index >= 15 is 0 Å². The maximum Gasteiger partial charge on any atom is 0.336 e. The number of hydrogen-bond acceptors (Lipinski definition) is 5. The van der Waals surface area contributed by atoms with Gasteiger partial charge in [-0.3, -0.25) is 0 Å². The maximum absolute atomic E-state index is 12.1. The first-order valence-corrected chi connectivity index (χ1v) is 9.91. The zero-order chi connectivity index (χ0) is 19.8. The number of aromatic carboxylic acids is 1. The third kappa shape index (κ3) is 4.06. The molecule has 0 saturated carbocycles. The van der Waals surface area contributed by atoms with Crippen molar-refractivity contribution in [2.45, 2.75) is 44.9 Å². The predicted molar refractivity (Wildman–Crippen MR) is 109 cm³/mol. The molecule has 0 aromatic heterocycles. The predicted octanol–water partition coefficient (Wildman–Crippen LogP) is 2.91. The van der Waals surface area contributed by atoms with E-state index in [0.29, 0.717) is 24.5 Å². The standard InChI is InChI=1S/C21H33N3O3/c1-21(2,3)16-13-15(20(25)26)17(14-5-11-27-12-6-14)18(22)19(16)24-9-7-23(4)8-10-24/h13-14H,5-12,22H2,1-4H3,(H,25,26). The van der Waals surface area contributed by atoms with Crippen LogP contribution in [-0.2, 0) is 10.2 Å². The van der Waals surface area contributed by atoms with Crippen molar-refractivity contribution in [3.05, 3.63) is 22.8 Å². The number of carboxylic acid groups (broad SMARTS) is 1. The number of nitrogens with zero attached hydrogens (tertiary/aromatic N) is 2. The van der Waals surface area contributed by atoms with Gasteiger partial charge in [-0.25, -0.2) is 4.79 Å². The second-order valence-electron chi connectivity index (χ2n) is 8.88. The van der Waals surface area contributed by atoms with Crippen molar-refractivity contribution in [3.8, 4) is 0 Å². The Morgan fingerprint density at radius 2 is 1.78 bits per heavy atom. The molecule has 0 atom stereocenters. The topological polar surface area (TPSA) is 79.0 Å². The van der Waals surface area contributed by atoms with Crippen molar-refractivity contribution in [2.75, 3.05) is 57.1 Å². The van der Waals surface area contributed by atoms with Crippen molar-refractivity contribution in [1.82, 2.24) is 4.90 Å². The first kappa shape index (κ1) is 20.0. The molecule has 0 amide bonds. The molecule has 6 heteroatoms. The summed E-state index contributed by atoms with van der Waals surface area (Å²) in [5, 5.41) is 9.94. The number of benzene rings is 1. The molecule has 0 spiro atoms. The first-order valence-electron chi connectivity index (χ1n) is 9.91. The summed E-state index contributed by atoms with van der Waals surface area (Å²) in [7, 11) is 2.13. The lowest BCUT2D eigenvalue weighted by Crippen LogP contribution is -2.45. The van der Waals surface area contributed by atoms with Gasteiger partial charge in [0.1, 0.15) is 0 Å². The van der Waals surface area contributed by atoms with E-state index in [4.69, 9.17) is 10.5 Å². The fourth-order valence-corrected chi connectivity index (χ4v) is 4.25. The SMILES string of the molecule is CN1CCN(c2c(C(C)(C)C)cc(C(=O)O)c(C3CCOCC3)c2N)CC1. The lowest BCUT2D eigenvalue weighted by atomic mass is 9.79. The lowest BCUT2D eigenvalue weighted by Gasteiger charge is -2.39. The smallest absolute Gasteiger partial charge is 0.336 e. The number of piperazine rings is 1. The third-order valence-electron chi connectivity index (χ3n) is 5.87. The number of rotatable bonds is 3. The number of nitrogen functional groups attached to an aromatic ring is 1. The Morgan fingerprint density at radius 1 is 1.19 bits per heavy atom. The summed E-state index contributed by atoms with van der Waals surface area (Å²) in [6, 6.07) is 1.89. The van der Waals surface area contributed by atoms with E-state index in [2.05, 4.69) is 37.6 Å². The Kier molecular flexibility index (Phi) is 5.68. The van der Waals surface area contributed by atoms with Crippen LogP contribution < -0.4 is 10.6 Å². The average molecular weight is 376 g/mol. The monoisotopic (exact) mass is 375 g/mol. The van der Waals surface area contributed by atoms with Crippen LogP contribution in [0.3, 0.4) is 0 Å². The number of ether oxygens (including phenoxy) is 1. The van der Waals surface area contributed by atoms with E-state index < -0.39 is 5.97 Å². The van der Waals surface area contributed by atoms with Crippen LogP contribution in [0.25, 0.3) is 0 Å². The number of hydrogen-bond donors (Lipinski definition) is 2. The van der Waals surface area contributed by atoms with E-state index in [1.165, 1.54) is 0 Å². The van der Waals surface area contributed by atoms with Crippen molar-refractivity contribution in [3.63, 3.8) is 0 Å². The summed E-state index contributed by atoms with van der Waals surface area (Å²) in [4.78, 5) is 16.8. The lowest BCUT2D eigenvalue weighted by molar-refractivity contribution is 0.0685. The van der Waals surface area contributed by atoms with Crippen molar-refractivity contribution in [2.24, 2.45) is 0 Å². The second-order valence-corrected chi connectivity index (χ2v) is 8.88. The van der Waals surface area contributed by atoms with Gasteiger partial charge in [-0.2, -0.15) is 0 Å². The van der Waals surface area contributed by atoms with Crippen LogP contribution in [0.4, 0.5) is 11.4 Å². The molecule has 2 saturated heterocycles. The number of carboxylic acids is 1. The maximum atomic E-state index is 12.1. The molecule has 3 N–H and O–H groups in total. The summed E-state index contributed by atoms with van der Waals surface area (Å²) in [6.07, 6.45) is 1.64. The number of carbonyl (C=O) groups is 1. The molecule has 0 radical (unpaired) electrons. The molecule has 1 aromatic carbocycles. The van der Waals surface area contributed by atoms with Gasteiger partial charge in [0.15, 0.2) is 0 Å². The van der Waals surface area contributed by atoms with Crippen LogP contribution in [0.2, 0.25) is 0 Å². The van der Waals surface area contributed by atoms with E-state index in [0.717, 1.165) is 55.8 Å². The van der Waals surface area contributed by atoms with Gasteiger partial charge in [0, 0.05) is 39.4 Å². The largest absolute Gasteiger partial charge is 0.478 e. The highest BCUT2D eigenvalue weighted by molar-refractivity contribution is 5.95. The molecule has 2 aliphatic heterocycles. The highest BCUT2D eigenvalue weighted by Crippen LogP contribution is 2.44. The van der Waals surface area contributed by atoms with Crippen molar-refractivity contribution >= 4 is 17.3 Å². The molecule has 0 bridgehead atoms. The van der Waals surface area contributed by atoms with Crippen LogP contribution >= 0.6 is 0 Å². The van der Waals surface area contributed by atoms with Crippen LogP contribution in [0, 0.1) is 0 Å². The fraction of sp³-hybridized carbons (Fsp3) is 0.667. The fourth-order valence-electron chi connectivity index (χ4n) is 4.25. The average Bonchev–Trinajstić information content (AvgIpc) is 2.61. The molecule has 150 valence electrons. The zero-order valence-electron chi connectivity index (χ0n) is 17.0. The van der Waals surface area contributed by atoms with Gasteiger partial charge in [-0.1, -0.05) is 20.8 Å². The van der Waals surface area contributed by atoms with Gasteiger partial charge < -0.3 is 25.4 Å². The number of anilines is 2. The Balaban J connectivity index is 2.18. The van der Waals surface area contributed by atoms with E-state index in [-0.39, 0.29) is 11.3 Å². The Labute approximate surface area is 162 Å². The number of likely N-dealkylation sites (N-methyl/N-ethyl adjacent to an activating group) is 1. The Bertz CT molecular complexity index is 698. The van der Waals surface area contributed by atoms with Crippen LogP contribution in [-0.4, -0.2) is 62.4 Å². The third-order valence-corrected chi connectivity index (χ3v) is 5.87. The van der Waals surface area contributed by atoms with Crippen molar-refractivity contribution in [1.29, 1.82) is 0 Å². The molecular formula is C21H33N3O3. The van der Waals surface area contributed by atoms with E-state index in [1.54, 1.807) is 0 Å². The molecular weight excluding hydrogens is 342 g/mol. The van der Waals surface area contributed by atoms with Crippen LogP contribution in [0.5, 0.6) is 0 Å². The molecule has 6 nitrogen and oxygen atoms in total. The van der Waals surface area contributed by atoms with E-state index in [9.17, 15) is 9.90 Å². The molecule has 0 unspecified atom stereocenters. The molecule has 1 aromatic rings. The highest BCUT2D eigenvalue weighted by atomic mass is 16.5. The summed E-state index contributed by atoms with van der Waals surface area (Å²) >= 11 is 0. The second kappa shape index (κ2) is 7.68. The van der Waals surface area contributed by atoms with Gasteiger partial charge in [0.05, 0.1) is 16.9 Å². The minimum absolute atomic E-state index is 0.144. The van der Waals surface area contributed by atoms with E-state index in [1.807, 2.05) is 6.07 Å². The normalized spacial score (nSPS) is 20.1. The van der Waals surface area contributed by atoms with Crippen LogP contribution in [0.15, 0.2) is 6.07 Å². The molecule has 2 aliphatic rings. The summed E-state index contributed by atoms with van der Waals surface area (Å²) in [5.74, 6) is -0.747. The van der Waals surface area contributed by atoms with Gasteiger partial charge in [0.2, 0.25) is 0 Å². The summed E-state index contributed by atoms with van der Waals surface area (Å²) < 4.78 is 5.49. The van der Waals surface area contributed by atoms with Crippen molar-refractivity contribution < 1.29 is 14.6 Å². The highest BCUT2D eigenvalue weighted by Gasteiger charge is 2.33.